The Morgan fingerprint density at radius 3 is 2.55 bits per heavy atom. The molecule has 1 aromatic rings. The molecule has 5 nitrogen and oxygen atoms in total. The molecule has 2 aliphatic heterocycles. The molecule has 2 unspecified atom stereocenters. The van der Waals surface area contributed by atoms with Crippen molar-refractivity contribution in [2.75, 3.05) is 33.4 Å². The summed E-state index contributed by atoms with van der Waals surface area (Å²) < 4.78 is 5.33. The van der Waals surface area contributed by atoms with E-state index in [1.54, 1.807) is 11.9 Å². The van der Waals surface area contributed by atoms with Crippen LogP contribution in [0.4, 0.5) is 0 Å². The Kier molecular flexibility index (Phi) is 4.43. The third-order valence-electron chi connectivity index (χ3n) is 4.64. The lowest BCUT2D eigenvalue weighted by Gasteiger charge is -2.41. The van der Waals surface area contributed by atoms with Crippen LogP contribution in [-0.4, -0.2) is 55.0 Å². The Bertz CT molecular complexity index is 540. The first-order chi connectivity index (χ1) is 10.7. The van der Waals surface area contributed by atoms with Crippen molar-refractivity contribution in [3.05, 3.63) is 35.9 Å². The fourth-order valence-corrected chi connectivity index (χ4v) is 3.42. The van der Waals surface area contributed by atoms with Crippen LogP contribution in [0.2, 0.25) is 0 Å². The van der Waals surface area contributed by atoms with Gasteiger partial charge in [-0.05, 0) is 12.0 Å². The summed E-state index contributed by atoms with van der Waals surface area (Å²) >= 11 is 0. The highest BCUT2D eigenvalue weighted by molar-refractivity contribution is 5.85. The van der Waals surface area contributed by atoms with Crippen molar-refractivity contribution in [2.24, 2.45) is 5.92 Å². The molecule has 1 aromatic carbocycles. The van der Waals surface area contributed by atoms with Gasteiger partial charge in [-0.3, -0.25) is 9.59 Å². The van der Waals surface area contributed by atoms with Crippen molar-refractivity contribution in [1.29, 1.82) is 0 Å². The smallest absolute Gasteiger partial charge is 0.228 e. The second kappa shape index (κ2) is 6.48. The quantitative estimate of drug-likeness (QED) is 0.831. The predicted molar refractivity (Wildman–Crippen MR) is 82.1 cm³/mol. The molecule has 2 heterocycles. The fraction of sp³-hybridized carbons (Fsp3) is 0.529. The number of carbonyl (C=O) groups excluding carboxylic acids is 2. The van der Waals surface area contributed by atoms with Crippen LogP contribution in [0.3, 0.4) is 0 Å². The van der Waals surface area contributed by atoms with Gasteiger partial charge in [-0.25, -0.2) is 0 Å². The third-order valence-corrected chi connectivity index (χ3v) is 4.64. The van der Waals surface area contributed by atoms with Crippen molar-refractivity contribution >= 4 is 11.8 Å². The largest absolute Gasteiger partial charge is 0.378 e. The molecular weight excluding hydrogens is 280 g/mol. The summed E-state index contributed by atoms with van der Waals surface area (Å²) in [6.45, 7) is 2.50. The number of amides is 2. The molecule has 2 amide bonds. The Labute approximate surface area is 130 Å². The number of hydrogen-bond acceptors (Lipinski definition) is 3. The number of morpholine rings is 1. The lowest BCUT2D eigenvalue weighted by atomic mass is 9.83. The van der Waals surface area contributed by atoms with Gasteiger partial charge < -0.3 is 14.5 Å². The highest BCUT2D eigenvalue weighted by Gasteiger charge is 2.40. The number of benzene rings is 1. The maximum atomic E-state index is 12.9. The summed E-state index contributed by atoms with van der Waals surface area (Å²) in [6, 6.07) is 9.70. The molecule has 22 heavy (non-hydrogen) atoms. The summed E-state index contributed by atoms with van der Waals surface area (Å²) in [6.07, 6.45) is 1.07. The monoisotopic (exact) mass is 302 g/mol. The molecule has 118 valence electrons. The van der Waals surface area contributed by atoms with E-state index in [4.69, 9.17) is 4.74 Å². The topological polar surface area (TPSA) is 49.9 Å². The zero-order valence-electron chi connectivity index (χ0n) is 12.9. The summed E-state index contributed by atoms with van der Waals surface area (Å²) in [7, 11) is 1.80. The number of likely N-dealkylation sites (tertiary alicyclic amines) is 1. The van der Waals surface area contributed by atoms with Gasteiger partial charge in [-0.1, -0.05) is 30.3 Å². The van der Waals surface area contributed by atoms with E-state index in [-0.39, 0.29) is 23.8 Å². The first-order valence-electron chi connectivity index (χ1n) is 7.85. The van der Waals surface area contributed by atoms with E-state index in [9.17, 15) is 9.59 Å². The predicted octanol–water partition coefficient (Wildman–Crippen LogP) is 1.45. The molecule has 0 aliphatic carbocycles. The molecule has 0 N–H and O–H groups in total. The van der Waals surface area contributed by atoms with Crippen LogP contribution in [0.15, 0.2) is 30.3 Å². The average Bonchev–Trinajstić information content (AvgIpc) is 2.58. The van der Waals surface area contributed by atoms with Gasteiger partial charge in [0.1, 0.15) is 0 Å². The molecule has 0 radical (unpaired) electrons. The molecule has 2 aliphatic rings. The third kappa shape index (κ3) is 2.86. The summed E-state index contributed by atoms with van der Waals surface area (Å²) in [4.78, 5) is 28.6. The SMILES string of the molecule is CN1C(=O)CCC(C(=O)N2CCOCC2)C1c1ccccc1. The van der Waals surface area contributed by atoms with Gasteiger partial charge in [-0.2, -0.15) is 0 Å². The molecule has 0 bridgehead atoms. The van der Waals surface area contributed by atoms with Crippen LogP contribution in [0, 0.1) is 5.92 Å². The lowest BCUT2D eigenvalue weighted by molar-refractivity contribution is -0.149. The maximum Gasteiger partial charge on any atom is 0.228 e. The number of hydrogen-bond donors (Lipinski definition) is 0. The minimum atomic E-state index is -0.169. The molecule has 2 saturated heterocycles. The van der Waals surface area contributed by atoms with Crippen molar-refractivity contribution in [1.82, 2.24) is 9.80 Å². The van der Waals surface area contributed by atoms with E-state index in [2.05, 4.69) is 0 Å². The van der Waals surface area contributed by atoms with Crippen molar-refractivity contribution in [2.45, 2.75) is 18.9 Å². The number of piperidine rings is 1. The normalized spacial score (nSPS) is 26.1. The van der Waals surface area contributed by atoms with Gasteiger partial charge in [0.2, 0.25) is 11.8 Å². The molecule has 0 saturated carbocycles. The van der Waals surface area contributed by atoms with E-state index in [1.807, 2.05) is 35.2 Å². The molecule has 3 rings (SSSR count). The van der Waals surface area contributed by atoms with Gasteiger partial charge in [-0.15, -0.1) is 0 Å². The Hall–Kier alpha value is -1.88. The maximum absolute atomic E-state index is 12.9. The van der Waals surface area contributed by atoms with Crippen LogP contribution in [-0.2, 0) is 14.3 Å². The Morgan fingerprint density at radius 2 is 1.86 bits per heavy atom. The average molecular weight is 302 g/mol. The minimum Gasteiger partial charge on any atom is -0.378 e. The molecule has 5 heteroatoms. The van der Waals surface area contributed by atoms with Gasteiger partial charge in [0.05, 0.1) is 25.2 Å². The molecule has 2 atom stereocenters. The fourth-order valence-electron chi connectivity index (χ4n) is 3.42. The van der Waals surface area contributed by atoms with Crippen LogP contribution in [0.25, 0.3) is 0 Å². The minimum absolute atomic E-state index is 0.111. The van der Waals surface area contributed by atoms with Gasteiger partial charge in [0.15, 0.2) is 0 Å². The Morgan fingerprint density at radius 1 is 1.18 bits per heavy atom. The van der Waals surface area contributed by atoms with Crippen LogP contribution in [0.1, 0.15) is 24.4 Å². The van der Waals surface area contributed by atoms with Crippen molar-refractivity contribution in [3.63, 3.8) is 0 Å². The zero-order chi connectivity index (χ0) is 15.5. The van der Waals surface area contributed by atoms with Crippen molar-refractivity contribution in [3.8, 4) is 0 Å². The highest BCUT2D eigenvalue weighted by atomic mass is 16.5. The Balaban J connectivity index is 1.86. The lowest BCUT2D eigenvalue weighted by Crippen LogP contribution is -2.50. The van der Waals surface area contributed by atoms with E-state index >= 15 is 0 Å². The van der Waals surface area contributed by atoms with Gasteiger partial charge >= 0.3 is 0 Å². The van der Waals surface area contributed by atoms with Gasteiger partial charge in [0.25, 0.3) is 0 Å². The molecule has 0 spiro atoms. The number of nitrogens with zero attached hydrogens (tertiary/aromatic N) is 2. The molecule has 0 aromatic heterocycles. The first-order valence-corrected chi connectivity index (χ1v) is 7.85. The first kappa shape index (κ1) is 15.0. The second-order valence-electron chi connectivity index (χ2n) is 5.94. The van der Waals surface area contributed by atoms with Crippen LogP contribution in [0.5, 0.6) is 0 Å². The van der Waals surface area contributed by atoms with E-state index in [0.717, 1.165) is 5.56 Å². The number of ether oxygens (including phenoxy) is 1. The number of carbonyl (C=O) groups is 2. The van der Waals surface area contributed by atoms with Crippen LogP contribution < -0.4 is 0 Å². The number of rotatable bonds is 2. The molecule has 2 fully saturated rings. The second-order valence-corrected chi connectivity index (χ2v) is 5.94. The highest BCUT2D eigenvalue weighted by Crippen LogP contribution is 2.36. The van der Waals surface area contributed by atoms with Crippen LogP contribution >= 0.6 is 0 Å². The van der Waals surface area contributed by atoms with Gasteiger partial charge in [0, 0.05) is 26.6 Å². The zero-order valence-corrected chi connectivity index (χ0v) is 12.9. The van der Waals surface area contributed by atoms with Crippen molar-refractivity contribution < 1.29 is 14.3 Å². The summed E-state index contributed by atoms with van der Waals surface area (Å²) in [5, 5.41) is 0. The van der Waals surface area contributed by atoms with E-state index < -0.39 is 0 Å². The summed E-state index contributed by atoms with van der Waals surface area (Å²) in [5.74, 6) is 0.0968. The van der Waals surface area contributed by atoms with E-state index in [1.165, 1.54) is 0 Å². The molecular formula is C17H22N2O3. The summed E-state index contributed by atoms with van der Waals surface area (Å²) in [5.41, 5.74) is 1.03. The van der Waals surface area contributed by atoms with E-state index in [0.29, 0.717) is 39.1 Å². The standard InChI is InChI=1S/C17H22N2O3/c1-18-15(20)8-7-14(16(18)13-5-3-2-4-6-13)17(21)19-9-11-22-12-10-19/h2-6,14,16H,7-12H2,1H3.